The van der Waals surface area contributed by atoms with Gasteiger partial charge < -0.3 is 14.6 Å². The van der Waals surface area contributed by atoms with Crippen molar-refractivity contribution in [3.8, 4) is 0 Å². The number of aromatic nitrogens is 2. The second kappa shape index (κ2) is 8.30. The number of nitrogens with one attached hydrogen (secondary N) is 1. The molecule has 3 rings (SSSR count). The molecule has 0 fully saturated rings. The number of esters is 1. The van der Waals surface area contributed by atoms with Crippen molar-refractivity contribution in [2.45, 2.75) is 26.2 Å². The van der Waals surface area contributed by atoms with Gasteiger partial charge in [0.05, 0.1) is 41.9 Å². The fourth-order valence-electron chi connectivity index (χ4n) is 3.39. The lowest BCUT2D eigenvalue weighted by Gasteiger charge is -2.33. The molecule has 2 aromatic rings. The van der Waals surface area contributed by atoms with Gasteiger partial charge in [-0.05, 0) is 31.0 Å². The Bertz CT molecular complexity index is 998. The van der Waals surface area contributed by atoms with Crippen LogP contribution in [0.25, 0.3) is 5.70 Å². The van der Waals surface area contributed by atoms with E-state index in [1.165, 1.54) is 7.11 Å². The predicted octanol–water partition coefficient (Wildman–Crippen LogP) is 3.71. The Labute approximate surface area is 168 Å². The molecule has 0 amide bonds. The van der Waals surface area contributed by atoms with Gasteiger partial charge in [0.1, 0.15) is 5.94 Å². The number of allylic oxidation sites excluding steroid dienone is 3. The molecule has 0 saturated carbocycles. The summed E-state index contributed by atoms with van der Waals surface area (Å²) in [5.74, 6) is 1.10. The molecule has 0 aliphatic carbocycles. The summed E-state index contributed by atoms with van der Waals surface area (Å²) in [5, 5.41) is 3.81. The van der Waals surface area contributed by atoms with Gasteiger partial charge in [0.25, 0.3) is 0 Å². The first-order valence-corrected chi connectivity index (χ1v) is 9.18. The van der Waals surface area contributed by atoms with Gasteiger partial charge >= 0.3 is 5.97 Å². The van der Waals surface area contributed by atoms with E-state index in [0.717, 1.165) is 5.56 Å². The van der Waals surface area contributed by atoms with Crippen LogP contribution in [0.3, 0.4) is 0 Å². The van der Waals surface area contributed by atoms with E-state index >= 15 is 0 Å². The molecule has 1 aromatic heterocycles. The molecule has 0 spiro atoms. The summed E-state index contributed by atoms with van der Waals surface area (Å²) in [5.41, 5.74) is 3.70. The highest BCUT2D eigenvalue weighted by Crippen LogP contribution is 2.42. The van der Waals surface area contributed by atoms with Gasteiger partial charge in [-0.1, -0.05) is 30.7 Å². The number of dihydropyridines is 1. The molecule has 0 saturated heterocycles. The lowest BCUT2D eigenvalue weighted by atomic mass is 9.82. The summed E-state index contributed by atoms with van der Waals surface area (Å²) in [6.45, 7) is 3.67. The molecule has 1 N–H and O–H groups in total. The zero-order chi connectivity index (χ0) is 20.3. The van der Waals surface area contributed by atoms with E-state index in [1.54, 1.807) is 42.3 Å². The quantitative estimate of drug-likeness (QED) is 0.615. The van der Waals surface area contributed by atoms with Crippen LogP contribution in [0, 0.1) is 0 Å². The van der Waals surface area contributed by atoms with E-state index in [2.05, 4.69) is 10.3 Å². The minimum Gasteiger partial charge on any atom is -0.466 e. The van der Waals surface area contributed by atoms with Crippen LogP contribution >= 0.6 is 11.6 Å². The molecule has 1 aliphatic heterocycles. The fraction of sp³-hybridized carbons (Fsp3) is 0.238. The smallest absolute Gasteiger partial charge is 0.336 e. The zero-order valence-electron chi connectivity index (χ0n) is 15.8. The van der Waals surface area contributed by atoms with Crippen LogP contribution < -0.4 is 5.32 Å². The highest BCUT2D eigenvalue weighted by atomic mass is 35.5. The van der Waals surface area contributed by atoms with Crippen molar-refractivity contribution in [1.29, 1.82) is 0 Å². The maximum atomic E-state index is 12.7. The van der Waals surface area contributed by atoms with Gasteiger partial charge in [-0.2, -0.15) is 0 Å². The Morgan fingerprint density at radius 1 is 1.36 bits per heavy atom. The monoisotopic (exact) mass is 397 g/mol. The third kappa shape index (κ3) is 3.52. The molecule has 1 atom stereocenters. The molecule has 1 aromatic carbocycles. The third-order valence-electron chi connectivity index (χ3n) is 4.70. The lowest BCUT2D eigenvalue weighted by Crippen LogP contribution is -2.31. The Hall–Kier alpha value is -3.08. The minimum absolute atomic E-state index is 0.449. The molecule has 0 bridgehead atoms. The molecule has 7 heteroatoms. The summed E-state index contributed by atoms with van der Waals surface area (Å²) < 4.78 is 6.85. The van der Waals surface area contributed by atoms with Crippen molar-refractivity contribution in [3.63, 3.8) is 0 Å². The second-order valence-electron chi connectivity index (χ2n) is 6.30. The summed E-state index contributed by atoms with van der Waals surface area (Å²) in [7, 11) is 1.35. The maximum Gasteiger partial charge on any atom is 0.336 e. The highest BCUT2D eigenvalue weighted by molar-refractivity contribution is 6.30. The Balaban J connectivity index is 2.34. The Kier molecular flexibility index (Phi) is 5.83. The average Bonchev–Trinajstić information content (AvgIpc) is 3.23. The molecule has 28 heavy (non-hydrogen) atoms. The second-order valence-corrected chi connectivity index (χ2v) is 6.74. The molecule has 1 unspecified atom stereocenters. The number of rotatable bonds is 5. The zero-order valence-corrected chi connectivity index (χ0v) is 16.6. The first-order valence-electron chi connectivity index (χ1n) is 8.80. The van der Waals surface area contributed by atoms with Crippen molar-refractivity contribution < 1.29 is 14.3 Å². The molecule has 144 valence electrons. The fourth-order valence-corrected chi connectivity index (χ4v) is 3.51. The number of ether oxygens (including phenoxy) is 1. The van der Waals surface area contributed by atoms with Gasteiger partial charge in [0, 0.05) is 23.1 Å². The lowest BCUT2D eigenvalue weighted by molar-refractivity contribution is -0.136. The summed E-state index contributed by atoms with van der Waals surface area (Å²) in [4.78, 5) is 28.4. The van der Waals surface area contributed by atoms with Gasteiger partial charge in [0.15, 0.2) is 0 Å². The van der Waals surface area contributed by atoms with Gasteiger partial charge in [-0.15, -0.1) is 0 Å². The normalized spacial score (nSPS) is 16.5. The number of hydrogen-bond donors (Lipinski definition) is 1. The number of carbonyl (C=O) groups excluding carboxylic acids is 2. The molecule has 0 radical (unpaired) electrons. The number of methoxy groups -OCH3 is 1. The van der Waals surface area contributed by atoms with Crippen LogP contribution in [-0.2, 0) is 14.3 Å². The van der Waals surface area contributed by atoms with Crippen LogP contribution in [0.1, 0.15) is 31.7 Å². The van der Waals surface area contributed by atoms with E-state index in [-0.39, 0.29) is 0 Å². The SMILES string of the molecule is CCC(=C=O)C1=C(n2ccnc2)C(c2ccc(Cl)cc2)C(C(=O)OC)=C(C)N1. The third-order valence-corrected chi connectivity index (χ3v) is 4.96. The molecule has 2 heterocycles. The van der Waals surface area contributed by atoms with E-state index in [4.69, 9.17) is 16.3 Å². The number of halogens is 1. The topological polar surface area (TPSA) is 73.2 Å². The first-order chi connectivity index (χ1) is 13.5. The number of imidazole rings is 1. The minimum atomic E-state index is -0.481. The first kappa shape index (κ1) is 19.7. The number of carbonyl (C=O) groups is 1. The Morgan fingerprint density at radius 2 is 2.07 bits per heavy atom. The van der Waals surface area contributed by atoms with Gasteiger partial charge in [-0.25, -0.2) is 14.6 Å². The molecule has 1 aliphatic rings. The number of benzene rings is 1. The number of hydrogen-bond acceptors (Lipinski definition) is 5. The van der Waals surface area contributed by atoms with Crippen molar-refractivity contribution in [2.75, 3.05) is 7.11 Å². The predicted molar refractivity (Wildman–Crippen MR) is 107 cm³/mol. The number of nitrogens with zero attached hydrogens (tertiary/aromatic N) is 2. The van der Waals surface area contributed by atoms with Crippen molar-refractivity contribution in [1.82, 2.24) is 14.9 Å². The summed E-state index contributed by atoms with van der Waals surface area (Å²) >= 11 is 6.07. The van der Waals surface area contributed by atoms with Gasteiger partial charge in [-0.3, -0.25) is 0 Å². The van der Waals surface area contributed by atoms with E-state index in [0.29, 0.717) is 39.7 Å². The largest absolute Gasteiger partial charge is 0.466 e. The average molecular weight is 398 g/mol. The van der Waals surface area contributed by atoms with Crippen LogP contribution in [0.4, 0.5) is 0 Å². The van der Waals surface area contributed by atoms with E-state index in [9.17, 15) is 9.59 Å². The van der Waals surface area contributed by atoms with E-state index in [1.807, 2.05) is 25.0 Å². The Morgan fingerprint density at radius 3 is 2.61 bits per heavy atom. The van der Waals surface area contributed by atoms with Crippen LogP contribution in [0.2, 0.25) is 5.02 Å². The standard InChI is InChI=1S/C21H20ClN3O3/c1-4-14(11-26)19-20(25-10-9-23-12-25)18(15-5-7-16(22)8-6-15)17(13(2)24-19)21(27)28-3/h5-10,12,18,24H,4H2,1-3H3. The van der Waals surface area contributed by atoms with Gasteiger partial charge in [0.2, 0.25) is 0 Å². The van der Waals surface area contributed by atoms with Crippen molar-refractivity contribution >= 4 is 29.2 Å². The van der Waals surface area contributed by atoms with Crippen LogP contribution in [0.5, 0.6) is 0 Å². The summed E-state index contributed by atoms with van der Waals surface area (Å²) in [6.07, 6.45) is 5.53. The van der Waals surface area contributed by atoms with Crippen LogP contribution in [-0.4, -0.2) is 28.6 Å². The van der Waals surface area contributed by atoms with Crippen molar-refractivity contribution in [3.05, 3.63) is 76.1 Å². The van der Waals surface area contributed by atoms with Crippen molar-refractivity contribution in [2.24, 2.45) is 0 Å². The molecular formula is C21H20ClN3O3. The molecular weight excluding hydrogens is 378 g/mol. The molecule has 6 nitrogen and oxygen atoms in total. The highest BCUT2D eigenvalue weighted by Gasteiger charge is 2.36. The van der Waals surface area contributed by atoms with Crippen LogP contribution in [0.15, 0.2) is 65.5 Å². The van der Waals surface area contributed by atoms with E-state index < -0.39 is 11.9 Å². The maximum absolute atomic E-state index is 12.7. The summed E-state index contributed by atoms with van der Waals surface area (Å²) in [6, 6.07) is 7.26.